The van der Waals surface area contributed by atoms with Crippen molar-refractivity contribution in [1.29, 1.82) is 0 Å². The van der Waals surface area contributed by atoms with Gasteiger partial charge in [-0.2, -0.15) is 5.10 Å². The average molecular weight is 330 g/mol. The summed E-state index contributed by atoms with van der Waals surface area (Å²) in [5.74, 6) is 0.674. The van der Waals surface area contributed by atoms with E-state index in [2.05, 4.69) is 25.7 Å². The van der Waals surface area contributed by atoms with Gasteiger partial charge in [0.2, 0.25) is 0 Å². The van der Waals surface area contributed by atoms with Crippen molar-refractivity contribution in [2.45, 2.75) is 26.8 Å². The van der Waals surface area contributed by atoms with E-state index in [0.29, 0.717) is 18.7 Å². The molecular weight excluding hydrogens is 312 g/mol. The molecular formula is C15H18N6OS. The van der Waals surface area contributed by atoms with Crippen molar-refractivity contribution < 1.29 is 4.79 Å². The smallest absolute Gasteiger partial charge is 0.271 e. The Labute approximate surface area is 137 Å². The lowest BCUT2D eigenvalue weighted by atomic mass is 10.3. The molecule has 3 rings (SSSR count). The molecule has 8 heteroatoms. The van der Waals surface area contributed by atoms with Crippen molar-refractivity contribution in [2.75, 3.05) is 6.54 Å². The molecule has 0 aromatic carbocycles. The number of hydrogen-bond donors (Lipinski definition) is 2. The highest BCUT2D eigenvalue weighted by atomic mass is 32.1. The highest BCUT2D eigenvalue weighted by molar-refractivity contribution is 7.15. The van der Waals surface area contributed by atoms with Crippen molar-refractivity contribution in [3.8, 4) is 10.6 Å². The largest absolute Gasteiger partial charge is 0.350 e. The molecule has 0 bridgehead atoms. The molecule has 0 aliphatic rings. The number of aryl methyl sites for hydroxylation is 2. The predicted molar refractivity (Wildman–Crippen MR) is 88.4 cm³/mol. The zero-order valence-corrected chi connectivity index (χ0v) is 13.9. The number of aromatic amines is 1. The van der Waals surface area contributed by atoms with Crippen LogP contribution in [0.4, 0.5) is 0 Å². The van der Waals surface area contributed by atoms with Crippen molar-refractivity contribution in [2.24, 2.45) is 0 Å². The fourth-order valence-corrected chi connectivity index (χ4v) is 3.09. The number of carbonyl (C=O) groups excluding carboxylic acids is 1. The van der Waals surface area contributed by atoms with Gasteiger partial charge in [0, 0.05) is 24.4 Å². The Kier molecular flexibility index (Phi) is 4.52. The molecule has 0 aliphatic heterocycles. The number of H-pyrrole nitrogens is 1. The number of hydrogen-bond acceptors (Lipinski definition) is 5. The summed E-state index contributed by atoms with van der Waals surface area (Å²) < 4.78 is 1.96. The second kappa shape index (κ2) is 6.74. The van der Waals surface area contributed by atoms with Gasteiger partial charge >= 0.3 is 0 Å². The normalized spacial score (nSPS) is 10.9. The van der Waals surface area contributed by atoms with Crippen LogP contribution >= 0.6 is 11.3 Å². The minimum atomic E-state index is -0.191. The zero-order valence-electron chi connectivity index (χ0n) is 13.0. The van der Waals surface area contributed by atoms with Crippen molar-refractivity contribution >= 4 is 17.2 Å². The van der Waals surface area contributed by atoms with E-state index in [9.17, 15) is 4.79 Å². The molecule has 0 saturated carbocycles. The van der Waals surface area contributed by atoms with Gasteiger partial charge in [-0.15, -0.1) is 21.5 Å². The van der Waals surface area contributed by atoms with E-state index in [-0.39, 0.29) is 5.91 Å². The lowest BCUT2D eigenvalue weighted by Crippen LogP contribution is -2.26. The van der Waals surface area contributed by atoms with Crippen molar-refractivity contribution in [3.63, 3.8) is 0 Å². The zero-order chi connectivity index (χ0) is 16.2. The van der Waals surface area contributed by atoms with Crippen LogP contribution in [0.15, 0.2) is 24.5 Å². The van der Waals surface area contributed by atoms with Crippen LogP contribution in [-0.4, -0.2) is 37.4 Å². The molecule has 2 N–H and O–H groups in total. The molecule has 23 heavy (non-hydrogen) atoms. The second-order valence-electron chi connectivity index (χ2n) is 5.12. The maximum absolute atomic E-state index is 12.1. The van der Waals surface area contributed by atoms with Gasteiger partial charge in [-0.3, -0.25) is 9.89 Å². The number of carbonyl (C=O) groups is 1. The first-order chi connectivity index (χ1) is 11.2. The molecule has 7 nitrogen and oxygen atoms in total. The van der Waals surface area contributed by atoms with Gasteiger partial charge < -0.3 is 9.88 Å². The summed E-state index contributed by atoms with van der Waals surface area (Å²) in [4.78, 5) is 14.4. The fourth-order valence-electron chi connectivity index (χ4n) is 2.26. The van der Waals surface area contributed by atoms with E-state index in [1.807, 2.05) is 30.5 Å². The molecule has 0 fully saturated rings. The Morgan fingerprint density at radius 3 is 3.04 bits per heavy atom. The summed E-state index contributed by atoms with van der Waals surface area (Å²) in [7, 11) is 0. The van der Waals surface area contributed by atoms with Gasteiger partial charge in [0.05, 0.1) is 10.6 Å². The molecule has 3 aromatic heterocycles. The Hall–Kier alpha value is -2.48. The van der Waals surface area contributed by atoms with Crippen LogP contribution in [0.1, 0.15) is 28.1 Å². The highest BCUT2D eigenvalue weighted by Crippen LogP contribution is 2.26. The van der Waals surface area contributed by atoms with Crippen molar-refractivity contribution in [1.82, 2.24) is 30.3 Å². The van der Waals surface area contributed by atoms with Crippen LogP contribution in [0.5, 0.6) is 0 Å². The van der Waals surface area contributed by atoms with E-state index in [1.54, 1.807) is 23.7 Å². The van der Waals surface area contributed by atoms with E-state index < -0.39 is 0 Å². The molecule has 1 amide bonds. The van der Waals surface area contributed by atoms with Gasteiger partial charge in [0.1, 0.15) is 12.2 Å². The SMILES string of the molecule is CCn1cnnc1CCNC(=O)c1cc(-c2ccc(C)s2)[nH]n1. The first kappa shape index (κ1) is 15.4. The Balaban J connectivity index is 1.57. The summed E-state index contributed by atoms with van der Waals surface area (Å²) in [6, 6.07) is 5.84. The molecule has 0 aliphatic carbocycles. The predicted octanol–water partition coefficient (Wildman–Crippen LogP) is 2.03. The minimum Gasteiger partial charge on any atom is -0.350 e. The molecule has 3 heterocycles. The number of aromatic nitrogens is 5. The first-order valence-corrected chi connectivity index (χ1v) is 8.26. The number of nitrogens with one attached hydrogen (secondary N) is 2. The highest BCUT2D eigenvalue weighted by Gasteiger charge is 2.12. The maximum Gasteiger partial charge on any atom is 0.271 e. The molecule has 0 atom stereocenters. The Morgan fingerprint density at radius 2 is 2.30 bits per heavy atom. The lowest BCUT2D eigenvalue weighted by molar-refractivity contribution is 0.0949. The summed E-state index contributed by atoms with van der Waals surface area (Å²) in [5.41, 5.74) is 1.25. The van der Waals surface area contributed by atoms with Crippen LogP contribution < -0.4 is 5.32 Å². The molecule has 0 unspecified atom stereocenters. The monoisotopic (exact) mass is 330 g/mol. The molecule has 0 spiro atoms. The fraction of sp³-hybridized carbons (Fsp3) is 0.333. The molecule has 0 saturated heterocycles. The van der Waals surface area contributed by atoms with Crippen molar-refractivity contribution in [3.05, 3.63) is 40.9 Å². The summed E-state index contributed by atoms with van der Waals surface area (Å²) in [6.07, 6.45) is 2.33. The third-order valence-corrected chi connectivity index (χ3v) is 4.52. The summed E-state index contributed by atoms with van der Waals surface area (Å²) >= 11 is 1.67. The standard InChI is InChI=1S/C15H18N6OS/c1-3-21-9-17-20-14(21)6-7-16-15(22)12-8-11(18-19-12)13-5-4-10(2)23-13/h4-5,8-9H,3,6-7H2,1-2H3,(H,16,22)(H,18,19). The van der Waals surface area contributed by atoms with Crippen LogP contribution in [0, 0.1) is 6.92 Å². The topological polar surface area (TPSA) is 88.5 Å². The summed E-state index contributed by atoms with van der Waals surface area (Å²) in [5, 5.41) is 17.8. The van der Waals surface area contributed by atoms with E-state index in [0.717, 1.165) is 22.9 Å². The molecule has 120 valence electrons. The first-order valence-electron chi connectivity index (χ1n) is 7.44. The van der Waals surface area contributed by atoms with Gasteiger partial charge in [0.15, 0.2) is 5.69 Å². The Bertz CT molecular complexity index is 802. The summed E-state index contributed by atoms with van der Waals surface area (Å²) in [6.45, 7) is 5.40. The van der Waals surface area contributed by atoms with Gasteiger partial charge in [0.25, 0.3) is 5.91 Å². The van der Waals surface area contributed by atoms with Crippen LogP contribution in [-0.2, 0) is 13.0 Å². The van der Waals surface area contributed by atoms with Crippen LogP contribution in [0.3, 0.4) is 0 Å². The number of thiophene rings is 1. The van der Waals surface area contributed by atoms with Crippen LogP contribution in [0.2, 0.25) is 0 Å². The second-order valence-corrected chi connectivity index (χ2v) is 6.40. The van der Waals surface area contributed by atoms with Crippen LogP contribution in [0.25, 0.3) is 10.6 Å². The quantitative estimate of drug-likeness (QED) is 0.724. The van der Waals surface area contributed by atoms with E-state index >= 15 is 0 Å². The molecule has 3 aromatic rings. The minimum absolute atomic E-state index is 0.191. The van der Waals surface area contributed by atoms with Gasteiger partial charge in [-0.1, -0.05) is 0 Å². The third kappa shape index (κ3) is 3.48. The average Bonchev–Trinajstić information content (AvgIpc) is 3.26. The van der Waals surface area contributed by atoms with Gasteiger partial charge in [-0.05, 0) is 32.0 Å². The maximum atomic E-state index is 12.1. The lowest BCUT2D eigenvalue weighted by Gasteiger charge is -2.04. The van der Waals surface area contributed by atoms with E-state index in [1.165, 1.54) is 4.88 Å². The number of nitrogens with zero attached hydrogens (tertiary/aromatic N) is 4. The Morgan fingerprint density at radius 1 is 1.43 bits per heavy atom. The van der Waals surface area contributed by atoms with E-state index in [4.69, 9.17) is 0 Å². The number of amides is 1. The number of rotatable bonds is 6. The third-order valence-electron chi connectivity index (χ3n) is 3.49. The van der Waals surface area contributed by atoms with Gasteiger partial charge in [-0.25, -0.2) is 0 Å². The molecule has 0 radical (unpaired) electrons.